The summed E-state index contributed by atoms with van der Waals surface area (Å²) in [5.74, 6) is 0. The first-order chi connectivity index (χ1) is 7.72. The van der Waals surface area contributed by atoms with Crippen LogP contribution in [0.1, 0.15) is 47.0 Å². The van der Waals surface area contributed by atoms with Crippen molar-refractivity contribution in [3.8, 4) is 0 Å². The average Bonchev–Trinajstić information content (AvgIpc) is 2.15. The van der Waals surface area contributed by atoms with Crippen LogP contribution in [0.4, 0.5) is 13.2 Å². The lowest BCUT2D eigenvalue weighted by Crippen LogP contribution is -2.53. The molecule has 0 aliphatic rings. The molecule has 2 unspecified atom stereocenters. The highest BCUT2D eigenvalue weighted by atomic mass is 19.4. The third kappa shape index (κ3) is 6.27. The number of nitrogens with zero attached hydrogens (tertiary/aromatic N) is 1. The molecule has 0 aromatic heterocycles. The van der Waals surface area contributed by atoms with Gasteiger partial charge in [0.15, 0.2) is 0 Å². The molecule has 0 fully saturated rings. The Morgan fingerprint density at radius 2 is 1.71 bits per heavy atom. The van der Waals surface area contributed by atoms with Crippen molar-refractivity contribution in [2.45, 2.75) is 71.3 Å². The molecular formula is C12H25F3N2. The molecule has 104 valence electrons. The van der Waals surface area contributed by atoms with E-state index in [0.717, 1.165) is 12.8 Å². The van der Waals surface area contributed by atoms with Gasteiger partial charge in [-0.2, -0.15) is 13.2 Å². The minimum absolute atomic E-state index is 0.149. The monoisotopic (exact) mass is 254 g/mol. The third-order valence-electron chi connectivity index (χ3n) is 2.99. The van der Waals surface area contributed by atoms with Crippen molar-refractivity contribution in [3.63, 3.8) is 0 Å². The highest BCUT2D eigenvalue weighted by Gasteiger charge is 2.36. The molecule has 0 aromatic rings. The maximum Gasteiger partial charge on any atom is 0.401 e. The Hall–Kier alpha value is -0.290. The van der Waals surface area contributed by atoms with E-state index < -0.39 is 12.7 Å². The lowest BCUT2D eigenvalue weighted by Gasteiger charge is -2.38. The van der Waals surface area contributed by atoms with Crippen LogP contribution in [0.25, 0.3) is 0 Å². The summed E-state index contributed by atoms with van der Waals surface area (Å²) < 4.78 is 37.6. The molecule has 2 nitrogen and oxygen atoms in total. The topological polar surface area (TPSA) is 29.3 Å². The summed E-state index contributed by atoms with van der Waals surface area (Å²) >= 11 is 0. The van der Waals surface area contributed by atoms with Crippen molar-refractivity contribution in [2.24, 2.45) is 5.73 Å². The second-order valence-electron chi connectivity index (χ2n) is 4.81. The van der Waals surface area contributed by atoms with Crippen molar-refractivity contribution in [3.05, 3.63) is 0 Å². The van der Waals surface area contributed by atoms with Crippen LogP contribution >= 0.6 is 0 Å². The zero-order valence-electron chi connectivity index (χ0n) is 11.2. The Morgan fingerprint density at radius 3 is 2.00 bits per heavy atom. The molecule has 0 spiro atoms. The van der Waals surface area contributed by atoms with Gasteiger partial charge in [0.05, 0.1) is 6.54 Å². The Kier molecular flexibility index (Phi) is 7.09. The zero-order valence-corrected chi connectivity index (χ0v) is 11.2. The summed E-state index contributed by atoms with van der Waals surface area (Å²) in [4.78, 5) is 1.47. The first-order valence-electron chi connectivity index (χ1n) is 6.31. The van der Waals surface area contributed by atoms with E-state index in [2.05, 4.69) is 0 Å². The van der Waals surface area contributed by atoms with E-state index in [1.54, 1.807) is 13.8 Å². The van der Waals surface area contributed by atoms with Crippen LogP contribution in [0, 0.1) is 0 Å². The van der Waals surface area contributed by atoms with Crippen molar-refractivity contribution in [2.75, 3.05) is 6.54 Å². The number of hydrogen-bond donors (Lipinski definition) is 1. The largest absolute Gasteiger partial charge is 0.401 e. The molecule has 0 amide bonds. The van der Waals surface area contributed by atoms with Gasteiger partial charge in [0.2, 0.25) is 0 Å². The molecule has 0 aliphatic heterocycles. The highest BCUT2D eigenvalue weighted by molar-refractivity contribution is 4.84. The third-order valence-corrected chi connectivity index (χ3v) is 2.99. The summed E-state index contributed by atoms with van der Waals surface area (Å²) in [6.45, 7) is 6.59. The van der Waals surface area contributed by atoms with Gasteiger partial charge < -0.3 is 5.73 Å². The Labute approximate surface area is 102 Å². The van der Waals surface area contributed by atoms with Crippen LogP contribution in [-0.4, -0.2) is 35.7 Å². The van der Waals surface area contributed by atoms with Gasteiger partial charge >= 0.3 is 6.18 Å². The molecule has 0 aromatic carbocycles. The number of rotatable bonds is 7. The molecule has 0 rings (SSSR count). The van der Waals surface area contributed by atoms with Crippen LogP contribution in [0.2, 0.25) is 0 Å². The first kappa shape index (κ1) is 16.7. The molecule has 0 radical (unpaired) electrons. The van der Waals surface area contributed by atoms with Crippen LogP contribution < -0.4 is 5.73 Å². The van der Waals surface area contributed by atoms with E-state index in [4.69, 9.17) is 5.73 Å². The predicted molar refractivity (Wildman–Crippen MR) is 64.9 cm³/mol. The smallest absolute Gasteiger partial charge is 0.326 e. The summed E-state index contributed by atoms with van der Waals surface area (Å²) in [5.41, 5.74) is 5.99. The Balaban J connectivity index is 4.75. The van der Waals surface area contributed by atoms with Gasteiger partial charge in [0, 0.05) is 18.1 Å². The van der Waals surface area contributed by atoms with E-state index in [-0.39, 0.29) is 18.1 Å². The molecule has 2 atom stereocenters. The summed E-state index contributed by atoms with van der Waals surface area (Å²) in [7, 11) is 0. The molecule has 5 heteroatoms. The van der Waals surface area contributed by atoms with E-state index in [1.165, 1.54) is 4.90 Å². The van der Waals surface area contributed by atoms with Gasteiger partial charge in [-0.3, -0.25) is 4.90 Å². The summed E-state index contributed by atoms with van der Waals surface area (Å²) in [6, 6.07) is -0.532. The van der Waals surface area contributed by atoms with Gasteiger partial charge in [-0.1, -0.05) is 20.3 Å². The maximum atomic E-state index is 12.5. The van der Waals surface area contributed by atoms with Crippen molar-refractivity contribution in [1.82, 2.24) is 4.90 Å². The molecule has 0 aliphatic carbocycles. The molecule has 0 saturated carbocycles. The van der Waals surface area contributed by atoms with E-state index in [9.17, 15) is 13.2 Å². The van der Waals surface area contributed by atoms with E-state index in [0.29, 0.717) is 6.42 Å². The van der Waals surface area contributed by atoms with Gasteiger partial charge in [0.25, 0.3) is 0 Å². The fourth-order valence-electron chi connectivity index (χ4n) is 2.20. The SMILES string of the molecule is CCCC(N)C(CC)N(CC(F)(F)F)C(C)C. The molecule has 17 heavy (non-hydrogen) atoms. The maximum absolute atomic E-state index is 12.5. The molecule has 0 saturated heterocycles. The van der Waals surface area contributed by atoms with Gasteiger partial charge in [0.1, 0.15) is 0 Å². The quantitative estimate of drug-likeness (QED) is 0.756. The summed E-state index contributed by atoms with van der Waals surface area (Å²) in [6.07, 6.45) is -1.85. The first-order valence-corrected chi connectivity index (χ1v) is 6.31. The zero-order chi connectivity index (χ0) is 13.6. The second kappa shape index (κ2) is 7.21. The van der Waals surface area contributed by atoms with Gasteiger partial charge in [-0.05, 0) is 26.7 Å². The second-order valence-corrected chi connectivity index (χ2v) is 4.81. The van der Waals surface area contributed by atoms with Crippen LogP contribution in [-0.2, 0) is 0 Å². The summed E-state index contributed by atoms with van der Waals surface area (Å²) in [5, 5.41) is 0. The number of alkyl halides is 3. The van der Waals surface area contributed by atoms with Gasteiger partial charge in [-0.15, -0.1) is 0 Å². The Morgan fingerprint density at radius 1 is 1.18 bits per heavy atom. The fraction of sp³-hybridized carbons (Fsp3) is 1.00. The predicted octanol–water partition coefficient (Wildman–Crippen LogP) is 3.17. The van der Waals surface area contributed by atoms with Crippen molar-refractivity contribution in [1.29, 1.82) is 0 Å². The number of hydrogen-bond acceptors (Lipinski definition) is 2. The minimum atomic E-state index is -4.16. The lowest BCUT2D eigenvalue weighted by atomic mass is 9.99. The minimum Gasteiger partial charge on any atom is -0.326 e. The molecule has 0 heterocycles. The van der Waals surface area contributed by atoms with Crippen LogP contribution in [0.15, 0.2) is 0 Å². The lowest BCUT2D eigenvalue weighted by molar-refractivity contribution is -0.156. The fourth-order valence-corrected chi connectivity index (χ4v) is 2.20. The van der Waals surface area contributed by atoms with Crippen LogP contribution in [0.5, 0.6) is 0 Å². The molecular weight excluding hydrogens is 229 g/mol. The van der Waals surface area contributed by atoms with Crippen molar-refractivity contribution < 1.29 is 13.2 Å². The van der Waals surface area contributed by atoms with Gasteiger partial charge in [-0.25, -0.2) is 0 Å². The molecule has 0 bridgehead atoms. The highest BCUT2D eigenvalue weighted by Crippen LogP contribution is 2.23. The van der Waals surface area contributed by atoms with Crippen LogP contribution in [0.3, 0.4) is 0 Å². The average molecular weight is 254 g/mol. The number of nitrogens with two attached hydrogens (primary N) is 1. The molecule has 2 N–H and O–H groups in total. The van der Waals surface area contributed by atoms with E-state index in [1.807, 2.05) is 13.8 Å². The van der Waals surface area contributed by atoms with E-state index >= 15 is 0 Å². The van der Waals surface area contributed by atoms with Crippen molar-refractivity contribution >= 4 is 0 Å². The number of halogens is 3. The standard InChI is InChI=1S/C12H25F3N2/c1-5-7-10(16)11(6-2)17(9(3)4)8-12(13,14)15/h9-11H,5-8,16H2,1-4H3. The normalized spacial score (nSPS) is 16.6. The Bertz CT molecular complexity index is 204.